The van der Waals surface area contributed by atoms with Gasteiger partial charge in [-0.1, -0.05) is 17.7 Å². The first-order chi connectivity index (χ1) is 13.9. The van der Waals surface area contributed by atoms with Crippen LogP contribution in [0.2, 0.25) is 5.02 Å². The summed E-state index contributed by atoms with van der Waals surface area (Å²) in [5.41, 5.74) is 2.19. The molecule has 1 heterocycles. The number of hydrogen-bond donors (Lipinski definition) is 1. The summed E-state index contributed by atoms with van der Waals surface area (Å²) >= 11 is 9.23. The normalized spacial score (nSPS) is 10.6. The maximum atomic E-state index is 12.6. The van der Waals surface area contributed by atoms with E-state index in [2.05, 4.69) is 15.7 Å². The molecule has 29 heavy (non-hydrogen) atoms. The van der Waals surface area contributed by atoms with Gasteiger partial charge in [0, 0.05) is 39.3 Å². The number of likely N-dealkylation sites (N-methyl/N-ethyl adjacent to an activating group) is 1. The highest BCUT2D eigenvalue weighted by molar-refractivity contribution is 7.98. The van der Waals surface area contributed by atoms with Crippen LogP contribution >= 0.6 is 34.7 Å². The molecule has 0 fully saturated rings. The Morgan fingerprint density at radius 3 is 2.62 bits per heavy atom. The Kier molecular flexibility index (Phi) is 7.30. The van der Waals surface area contributed by atoms with Crippen molar-refractivity contribution < 1.29 is 9.59 Å². The lowest BCUT2D eigenvalue weighted by Crippen LogP contribution is -2.34. The molecule has 8 heteroatoms. The van der Waals surface area contributed by atoms with Crippen LogP contribution in [0.15, 0.2) is 58.8 Å². The van der Waals surface area contributed by atoms with Crippen LogP contribution in [0.3, 0.4) is 0 Å². The zero-order valence-electron chi connectivity index (χ0n) is 16.0. The van der Waals surface area contributed by atoms with E-state index in [1.807, 2.05) is 19.1 Å². The molecule has 1 N–H and O–H groups in total. The summed E-state index contributed by atoms with van der Waals surface area (Å²) in [7, 11) is 1.60. The van der Waals surface area contributed by atoms with E-state index < -0.39 is 0 Å². The van der Waals surface area contributed by atoms with Gasteiger partial charge in [-0.3, -0.25) is 9.59 Å². The zero-order chi connectivity index (χ0) is 20.8. The molecule has 3 rings (SSSR count). The van der Waals surface area contributed by atoms with Gasteiger partial charge in [-0.2, -0.15) is 0 Å². The van der Waals surface area contributed by atoms with E-state index in [-0.39, 0.29) is 18.4 Å². The maximum absolute atomic E-state index is 12.6. The summed E-state index contributed by atoms with van der Waals surface area (Å²) in [6.07, 6.45) is 0. The Balaban J connectivity index is 1.52. The summed E-state index contributed by atoms with van der Waals surface area (Å²) < 4.78 is 0. The molecule has 1 aromatic heterocycles. The van der Waals surface area contributed by atoms with Crippen LogP contribution in [0.4, 0.5) is 5.69 Å². The van der Waals surface area contributed by atoms with Crippen molar-refractivity contribution in [1.82, 2.24) is 9.88 Å². The van der Waals surface area contributed by atoms with E-state index in [0.29, 0.717) is 16.3 Å². The molecular formula is C21H20ClN3O2S2. The van der Waals surface area contributed by atoms with Crippen molar-refractivity contribution in [2.45, 2.75) is 17.6 Å². The number of benzene rings is 2. The number of nitrogens with one attached hydrogen (secondary N) is 1. The number of aryl methyl sites for hydroxylation is 1. The van der Waals surface area contributed by atoms with Crippen molar-refractivity contribution in [3.8, 4) is 0 Å². The number of hydrogen-bond acceptors (Lipinski definition) is 5. The summed E-state index contributed by atoms with van der Waals surface area (Å²) in [4.78, 5) is 31.7. The Morgan fingerprint density at radius 1 is 1.21 bits per heavy atom. The zero-order valence-corrected chi connectivity index (χ0v) is 18.4. The van der Waals surface area contributed by atoms with E-state index in [1.54, 1.807) is 66.5 Å². The maximum Gasteiger partial charge on any atom is 0.254 e. The average molecular weight is 446 g/mol. The van der Waals surface area contributed by atoms with Crippen molar-refractivity contribution in [2.24, 2.45) is 0 Å². The van der Waals surface area contributed by atoms with Crippen molar-refractivity contribution in [3.63, 3.8) is 0 Å². The van der Waals surface area contributed by atoms with E-state index >= 15 is 0 Å². The number of carbonyl (C=O) groups excluding carboxylic acids is 2. The van der Waals surface area contributed by atoms with Crippen LogP contribution in [0.1, 0.15) is 21.1 Å². The van der Waals surface area contributed by atoms with Gasteiger partial charge in [0.25, 0.3) is 5.91 Å². The summed E-state index contributed by atoms with van der Waals surface area (Å²) in [6.45, 7) is 1.94. The molecule has 2 aromatic carbocycles. The highest BCUT2D eigenvalue weighted by Gasteiger charge is 2.15. The molecule has 0 saturated heterocycles. The van der Waals surface area contributed by atoms with Gasteiger partial charge in [0.2, 0.25) is 5.91 Å². The molecule has 2 amide bonds. The van der Waals surface area contributed by atoms with Gasteiger partial charge in [-0.25, -0.2) is 4.98 Å². The molecule has 150 valence electrons. The standard InChI is InChI=1S/C21H20ClN3O2S2/c1-14-23-18(12-28-14)13-29-19-8-6-15(7-9-19)21(27)25(2)11-20(26)24-17-5-3-4-16(22)10-17/h3-10,12H,11,13H2,1-2H3,(H,24,26). The predicted octanol–water partition coefficient (Wildman–Crippen LogP) is 5.11. The van der Waals surface area contributed by atoms with Crippen LogP contribution in [-0.2, 0) is 10.5 Å². The Bertz CT molecular complexity index is 1010. The first-order valence-electron chi connectivity index (χ1n) is 8.85. The van der Waals surface area contributed by atoms with Crippen LogP contribution in [0.5, 0.6) is 0 Å². The molecule has 0 aliphatic rings. The van der Waals surface area contributed by atoms with Gasteiger partial charge in [0.05, 0.1) is 17.2 Å². The van der Waals surface area contributed by atoms with Gasteiger partial charge in [-0.15, -0.1) is 23.1 Å². The van der Waals surface area contributed by atoms with Crippen molar-refractivity contribution in [3.05, 3.63) is 75.2 Å². The smallest absolute Gasteiger partial charge is 0.254 e. The Morgan fingerprint density at radius 2 is 1.97 bits per heavy atom. The third kappa shape index (κ3) is 6.32. The van der Waals surface area contributed by atoms with Gasteiger partial charge in [0.15, 0.2) is 0 Å². The van der Waals surface area contributed by atoms with Crippen LogP contribution in [-0.4, -0.2) is 35.3 Å². The molecule has 0 bridgehead atoms. The SMILES string of the molecule is Cc1nc(CSc2ccc(C(=O)N(C)CC(=O)Nc3cccc(Cl)c3)cc2)cs1. The first kappa shape index (κ1) is 21.4. The number of carbonyl (C=O) groups is 2. The lowest BCUT2D eigenvalue weighted by atomic mass is 10.2. The molecule has 0 aliphatic heterocycles. The average Bonchev–Trinajstić information content (AvgIpc) is 3.11. The Hall–Kier alpha value is -2.35. The number of rotatable bonds is 7. The summed E-state index contributed by atoms with van der Waals surface area (Å²) in [6, 6.07) is 14.3. The summed E-state index contributed by atoms with van der Waals surface area (Å²) in [5, 5.41) is 6.39. The van der Waals surface area contributed by atoms with Crippen LogP contribution in [0.25, 0.3) is 0 Å². The fourth-order valence-electron chi connectivity index (χ4n) is 2.60. The fourth-order valence-corrected chi connectivity index (χ4v) is 4.30. The molecular weight excluding hydrogens is 426 g/mol. The molecule has 0 saturated carbocycles. The van der Waals surface area contributed by atoms with Gasteiger partial charge in [0.1, 0.15) is 0 Å². The third-order valence-corrected chi connectivity index (χ3v) is 6.09. The van der Waals surface area contributed by atoms with Crippen molar-refractivity contribution in [2.75, 3.05) is 18.9 Å². The van der Waals surface area contributed by atoms with Crippen molar-refractivity contribution >= 4 is 52.2 Å². The largest absolute Gasteiger partial charge is 0.332 e. The quantitative estimate of drug-likeness (QED) is 0.513. The Labute approximate surface area is 183 Å². The second-order valence-electron chi connectivity index (χ2n) is 6.39. The number of halogens is 1. The third-order valence-electron chi connectivity index (χ3n) is 3.99. The molecule has 0 aliphatic carbocycles. The second kappa shape index (κ2) is 9.91. The molecule has 0 unspecified atom stereocenters. The highest BCUT2D eigenvalue weighted by atomic mass is 35.5. The lowest BCUT2D eigenvalue weighted by molar-refractivity contribution is -0.116. The minimum absolute atomic E-state index is 0.0506. The van der Waals surface area contributed by atoms with Crippen LogP contribution < -0.4 is 5.32 Å². The number of nitrogens with zero attached hydrogens (tertiary/aromatic N) is 2. The molecule has 3 aromatic rings. The van der Waals surface area contributed by atoms with Crippen molar-refractivity contribution in [1.29, 1.82) is 0 Å². The molecule has 0 radical (unpaired) electrons. The van der Waals surface area contributed by atoms with E-state index in [4.69, 9.17) is 11.6 Å². The number of thiazole rings is 1. The number of thioether (sulfide) groups is 1. The molecule has 5 nitrogen and oxygen atoms in total. The lowest BCUT2D eigenvalue weighted by Gasteiger charge is -2.17. The van der Waals surface area contributed by atoms with Gasteiger partial charge in [-0.05, 0) is 49.4 Å². The molecule has 0 atom stereocenters. The summed E-state index contributed by atoms with van der Waals surface area (Å²) in [5.74, 6) is 0.299. The number of amides is 2. The predicted molar refractivity (Wildman–Crippen MR) is 120 cm³/mol. The van der Waals surface area contributed by atoms with E-state index in [9.17, 15) is 9.59 Å². The fraction of sp³-hybridized carbons (Fsp3) is 0.190. The first-order valence-corrected chi connectivity index (χ1v) is 11.1. The topological polar surface area (TPSA) is 62.3 Å². The van der Waals surface area contributed by atoms with E-state index in [1.165, 1.54) is 4.90 Å². The van der Waals surface area contributed by atoms with Crippen LogP contribution in [0, 0.1) is 6.92 Å². The second-order valence-corrected chi connectivity index (χ2v) is 8.94. The number of anilines is 1. The van der Waals surface area contributed by atoms with Gasteiger partial charge >= 0.3 is 0 Å². The monoisotopic (exact) mass is 445 g/mol. The minimum atomic E-state index is -0.283. The highest BCUT2D eigenvalue weighted by Crippen LogP contribution is 2.24. The van der Waals surface area contributed by atoms with E-state index in [0.717, 1.165) is 21.3 Å². The molecule has 0 spiro atoms. The minimum Gasteiger partial charge on any atom is -0.332 e. The number of aromatic nitrogens is 1. The van der Waals surface area contributed by atoms with Gasteiger partial charge < -0.3 is 10.2 Å².